The van der Waals surface area contributed by atoms with Crippen molar-refractivity contribution in [2.75, 3.05) is 0 Å². The topological polar surface area (TPSA) is 87.7 Å². The number of carbonyl (C=O) groups is 2. The molecule has 0 fully saturated rings. The van der Waals surface area contributed by atoms with Crippen LogP contribution in [-0.4, -0.2) is 41.3 Å². The normalized spacial score (nSPS) is 20.1. The van der Waals surface area contributed by atoms with Gasteiger partial charge in [-0.2, -0.15) is 0 Å². The molecule has 0 unspecified atom stereocenters. The Morgan fingerprint density at radius 1 is 1.03 bits per heavy atom. The molecule has 0 radical (unpaired) electrons. The first kappa shape index (κ1) is 26.4. The number of carboxylic acid groups (broad SMARTS) is 1. The van der Waals surface area contributed by atoms with E-state index in [2.05, 4.69) is 59.2 Å². The molecule has 0 aromatic heterocycles. The average molecular weight is 477 g/mol. The molecule has 35 heavy (non-hydrogen) atoms. The fourth-order valence-electron chi connectivity index (χ4n) is 4.32. The predicted molar refractivity (Wildman–Crippen MR) is 140 cm³/mol. The number of ether oxygens (including phenoxy) is 1. The van der Waals surface area contributed by atoms with E-state index in [9.17, 15) is 14.7 Å². The molecule has 3 atom stereocenters. The highest BCUT2D eigenvalue weighted by Crippen LogP contribution is 2.25. The molecular weight excluding hydrogens is 440 g/mol. The number of hydrogen-bond donors (Lipinski definition) is 3. The maximum atomic E-state index is 12.0. The Hall–Kier alpha value is -3.22. The first-order valence-electron chi connectivity index (χ1n) is 12.3. The van der Waals surface area contributed by atoms with E-state index in [0.29, 0.717) is 18.5 Å². The highest BCUT2D eigenvalue weighted by Gasteiger charge is 2.37. The summed E-state index contributed by atoms with van der Waals surface area (Å²) in [5, 5.41) is 16.2. The molecule has 0 saturated carbocycles. The van der Waals surface area contributed by atoms with Crippen LogP contribution in [0, 0.1) is 0 Å². The SMILES string of the molecule is CCC(CC)O[C@@H]1C=C(C(=O)O)C[C@H](NCc2ccc(/C=C/c3ccccc3)cc2)[C@H]1NC(C)=O. The van der Waals surface area contributed by atoms with Crippen LogP contribution < -0.4 is 10.6 Å². The Bertz CT molecular complexity index is 1030. The Morgan fingerprint density at radius 2 is 1.66 bits per heavy atom. The fourth-order valence-corrected chi connectivity index (χ4v) is 4.32. The summed E-state index contributed by atoms with van der Waals surface area (Å²) < 4.78 is 6.24. The van der Waals surface area contributed by atoms with E-state index in [1.165, 1.54) is 6.92 Å². The van der Waals surface area contributed by atoms with E-state index >= 15 is 0 Å². The van der Waals surface area contributed by atoms with Crippen LogP contribution in [0.2, 0.25) is 0 Å². The van der Waals surface area contributed by atoms with Gasteiger partial charge in [0.25, 0.3) is 0 Å². The minimum absolute atomic E-state index is 0.00205. The van der Waals surface area contributed by atoms with E-state index in [0.717, 1.165) is 29.5 Å². The van der Waals surface area contributed by atoms with E-state index in [1.807, 2.05) is 32.0 Å². The second kappa shape index (κ2) is 13.0. The lowest BCUT2D eigenvalue weighted by Crippen LogP contribution is -2.58. The summed E-state index contributed by atoms with van der Waals surface area (Å²) in [6.45, 7) is 6.11. The van der Waals surface area contributed by atoms with Crippen molar-refractivity contribution in [1.82, 2.24) is 10.6 Å². The van der Waals surface area contributed by atoms with Gasteiger partial charge in [0, 0.05) is 25.1 Å². The van der Waals surface area contributed by atoms with Crippen LogP contribution in [0.25, 0.3) is 12.2 Å². The van der Waals surface area contributed by atoms with Gasteiger partial charge in [0.2, 0.25) is 5.91 Å². The lowest BCUT2D eigenvalue weighted by molar-refractivity contribution is -0.133. The van der Waals surface area contributed by atoms with Crippen LogP contribution in [0.5, 0.6) is 0 Å². The molecule has 1 aliphatic rings. The van der Waals surface area contributed by atoms with Crippen molar-refractivity contribution in [2.45, 2.75) is 70.9 Å². The molecule has 3 rings (SSSR count). The number of amides is 1. The van der Waals surface area contributed by atoms with Crippen LogP contribution in [0.1, 0.15) is 56.7 Å². The molecule has 186 valence electrons. The summed E-state index contributed by atoms with van der Waals surface area (Å²) in [5.41, 5.74) is 3.63. The maximum Gasteiger partial charge on any atom is 0.331 e. The van der Waals surface area contributed by atoms with Gasteiger partial charge in [0.1, 0.15) is 0 Å². The molecule has 2 aromatic rings. The Balaban J connectivity index is 1.71. The van der Waals surface area contributed by atoms with Gasteiger partial charge in [0.15, 0.2) is 0 Å². The molecule has 3 N–H and O–H groups in total. The van der Waals surface area contributed by atoms with Crippen molar-refractivity contribution in [2.24, 2.45) is 0 Å². The third-order valence-electron chi connectivity index (χ3n) is 6.31. The molecular formula is C29H36N2O4. The largest absolute Gasteiger partial charge is 0.478 e. The van der Waals surface area contributed by atoms with Crippen molar-refractivity contribution < 1.29 is 19.4 Å². The van der Waals surface area contributed by atoms with Crippen LogP contribution in [0.15, 0.2) is 66.2 Å². The van der Waals surface area contributed by atoms with E-state index in [-0.39, 0.29) is 24.1 Å². The molecule has 6 nitrogen and oxygen atoms in total. The predicted octanol–water partition coefficient (Wildman–Crippen LogP) is 4.81. The summed E-state index contributed by atoms with van der Waals surface area (Å²) in [6, 6.07) is 17.7. The minimum Gasteiger partial charge on any atom is -0.478 e. The second-order valence-electron chi connectivity index (χ2n) is 8.94. The number of nitrogens with one attached hydrogen (secondary N) is 2. The zero-order valence-electron chi connectivity index (χ0n) is 20.7. The molecule has 6 heteroatoms. The van der Waals surface area contributed by atoms with E-state index in [1.54, 1.807) is 6.08 Å². The van der Waals surface area contributed by atoms with Crippen molar-refractivity contribution in [1.29, 1.82) is 0 Å². The first-order valence-corrected chi connectivity index (χ1v) is 12.3. The number of benzene rings is 2. The lowest BCUT2D eigenvalue weighted by Gasteiger charge is -2.38. The summed E-state index contributed by atoms with van der Waals surface area (Å²) >= 11 is 0. The van der Waals surface area contributed by atoms with Crippen molar-refractivity contribution in [3.05, 3.63) is 82.9 Å². The highest BCUT2D eigenvalue weighted by atomic mass is 16.5. The van der Waals surface area contributed by atoms with Crippen LogP contribution in [0.3, 0.4) is 0 Å². The monoisotopic (exact) mass is 476 g/mol. The minimum atomic E-state index is -0.953. The number of aliphatic carboxylic acids is 1. The second-order valence-corrected chi connectivity index (χ2v) is 8.94. The summed E-state index contributed by atoms with van der Waals surface area (Å²) in [7, 11) is 0. The zero-order valence-corrected chi connectivity index (χ0v) is 20.7. The van der Waals surface area contributed by atoms with Gasteiger partial charge in [-0.15, -0.1) is 0 Å². The molecule has 1 amide bonds. The van der Waals surface area contributed by atoms with Crippen molar-refractivity contribution in [3.63, 3.8) is 0 Å². The Morgan fingerprint density at radius 3 is 2.23 bits per heavy atom. The summed E-state index contributed by atoms with van der Waals surface area (Å²) in [5.74, 6) is -1.12. The standard InChI is InChI=1S/C29H36N2O4/c1-4-25(5-2)35-27-18-24(29(33)34)17-26(28(27)31-20(3)32)30-19-23-15-13-22(14-16-23)12-11-21-9-7-6-8-10-21/h6-16,18,25-28,30H,4-5,17,19H2,1-3H3,(H,31,32)(H,33,34)/b12-11+/t26-,27+,28+/m0/s1. The van der Waals surface area contributed by atoms with Gasteiger partial charge in [-0.05, 0) is 42.0 Å². The van der Waals surface area contributed by atoms with Gasteiger partial charge in [-0.3, -0.25) is 4.79 Å². The molecule has 0 spiro atoms. The average Bonchev–Trinajstić information content (AvgIpc) is 2.86. The van der Waals surface area contributed by atoms with Crippen LogP contribution >= 0.6 is 0 Å². The number of rotatable bonds is 11. The molecule has 0 aliphatic heterocycles. The number of hydrogen-bond acceptors (Lipinski definition) is 4. The zero-order chi connectivity index (χ0) is 25.2. The van der Waals surface area contributed by atoms with E-state index in [4.69, 9.17) is 4.74 Å². The van der Waals surface area contributed by atoms with Gasteiger partial charge < -0.3 is 20.5 Å². The van der Waals surface area contributed by atoms with Gasteiger partial charge in [-0.1, -0.05) is 80.6 Å². The lowest BCUT2D eigenvalue weighted by atomic mass is 9.87. The quantitative estimate of drug-likeness (QED) is 0.405. The van der Waals surface area contributed by atoms with E-state index < -0.39 is 12.1 Å². The molecule has 0 heterocycles. The van der Waals surface area contributed by atoms with Gasteiger partial charge in [-0.25, -0.2) is 4.79 Å². The van der Waals surface area contributed by atoms with Gasteiger partial charge >= 0.3 is 5.97 Å². The highest BCUT2D eigenvalue weighted by molar-refractivity contribution is 5.87. The van der Waals surface area contributed by atoms with Crippen LogP contribution in [-0.2, 0) is 20.9 Å². The summed E-state index contributed by atoms with van der Waals surface area (Å²) in [4.78, 5) is 23.8. The third-order valence-corrected chi connectivity index (χ3v) is 6.31. The Kier molecular flexibility index (Phi) is 9.82. The summed E-state index contributed by atoms with van der Waals surface area (Å²) in [6.07, 6.45) is 7.24. The first-order chi connectivity index (χ1) is 16.9. The molecule has 0 bridgehead atoms. The van der Waals surface area contributed by atoms with Crippen LogP contribution in [0.4, 0.5) is 0 Å². The number of carboxylic acids is 1. The number of carbonyl (C=O) groups excluding carboxylic acids is 1. The maximum absolute atomic E-state index is 12.0. The molecule has 2 aromatic carbocycles. The van der Waals surface area contributed by atoms with Crippen molar-refractivity contribution in [3.8, 4) is 0 Å². The Labute approximate surface area is 208 Å². The fraction of sp³-hybridized carbons (Fsp3) is 0.379. The smallest absolute Gasteiger partial charge is 0.331 e. The molecule has 1 aliphatic carbocycles. The van der Waals surface area contributed by atoms with Gasteiger partial charge in [0.05, 0.1) is 18.2 Å². The molecule has 0 saturated heterocycles. The van der Waals surface area contributed by atoms with Crippen molar-refractivity contribution >= 4 is 24.0 Å². The third kappa shape index (κ3) is 7.91.